The fraction of sp³-hybridized carbons (Fsp3) is 0.929. The van der Waals surface area contributed by atoms with E-state index in [0.717, 1.165) is 12.8 Å². The van der Waals surface area contributed by atoms with Crippen LogP contribution in [0.2, 0.25) is 0 Å². The van der Waals surface area contributed by atoms with Crippen LogP contribution in [0, 0.1) is 5.92 Å². The highest BCUT2D eigenvalue weighted by molar-refractivity contribution is 5.81. The predicted molar refractivity (Wildman–Crippen MR) is 69.6 cm³/mol. The van der Waals surface area contributed by atoms with Gasteiger partial charge in [-0.05, 0) is 31.6 Å². The molecule has 0 aromatic heterocycles. The summed E-state index contributed by atoms with van der Waals surface area (Å²) in [5.74, 6) is 1.02. The van der Waals surface area contributed by atoms with Gasteiger partial charge in [0.15, 0.2) is 0 Å². The molecule has 0 radical (unpaired) electrons. The molecule has 17 heavy (non-hydrogen) atoms. The van der Waals surface area contributed by atoms with Gasteiger partial charge in [-0.1, -0.05) is 33.1 Å². The molecule has 2 unspecified atom stereocenters. The third-order valence-electron chi connectivity index (χ3n) is 4.38. The maximum atomic E-state index is 12.1. The molecule has 1 aliphatic heterocycles. The van der Waals surface area contributed by atoms with Gasteiger partial charge in [0.25, 0.3) is 0 Å². The van der Waals surface area contributed by atoms with Crippen LogP contribution in [0.25, 0.3) is 0 Å². The Kier molecular flexibility index (Phi) is 4.43. The maximum Gasteiger partial charge on any atom is 0.238 e. The number of carbonyl (C=O) groups is 1. The molecule has 0 spiro atoms. The molecular formula is C14H26N2O. The van der Waals surface area contributed by atoms with E-state index < -0.39 is 0 Å². The van der Waals surface area contributed by atoms with Crippen LogP contribution in [0.4, 0.5) is 0 Å². The standard InChI is InChI=1S/C14H26N2O/c1-3-7-12(4-2)16-13(17)10-15-14(16)11-8-5-6-9-11/h11-12,14-15H,3-10H2,1-2H3. The van der Waals surface area contributed by atoms with Crippen LogP contribution in [0.5, 0.6) is 0 Å². The topological polar surface area (TPSA) is 32.3 Å². The van der Waals surface area contributed by atoms with E-state index in [4.69, 9.17) is 0 Å². The summed E-state index contributed by atoms with van der Waals surface area (Å²) in [6, 6.07) is 0.452. The highest BCUT2D eigenvalue weighted by atomic mass is 16.2. The third kappa shape index (κ3) is 2.65. The Labute approximate surface area is 105 Å². The lowest BCUT2D eigenvalue weighted by atomic mass is 10.0. The summed E-state index contributed by atoms with van der Waals surface area (Å²) in [4.78, 5) is 14.3. The average Bonchev–Trinajstić information content (AvgIpc) is 2.95. The van der Waals surface area contributed by atoms with Crippen molar-refractivity contribution in [3.05, 3.63) is 0 Å². The number of nitrogens with one attached hydrogen (secondary N) is 1. The van der Waals surface area contributed by atoms with Gasteiger partial charge in [0.2, 0.25) is 5.91 Å². The lowest BCUT2D eigenvalue weighted by Crippen LogP contribution is -2.47. The zero-order valence-electron chi connectivity index (χ0n) is 11.2. The third-order valence-corrected chi connectivity index (χ3v) is 4.38. The summed E-state index contributed by atoms with van der Waals surface area (Å²) in [5, 5.41) is 3.45. The lowest BCUT2D eigenvalue weighted by molar-refractivity contribution is -0.131. The fourth-order valence-electron chi connectivity index (χ4n) is 3.51. The smallest absolute Gasteiger partial charge is 0.238 e. The lowest BCUT2D eigenvalue weighted by Gasteiger charge is -2.35. The van der Waals surface area contributed by atoms with E-state index in [1.165, 1.54) is 32.1 Å². The molecule has 3 heteroatoms. The molecule has 2 fully saturated rings. The first-order valence-corrected chi connectivity index (χ1v) is 7.32. The van der Waals surface area contributed by atoms with Crippen molar-refractivity contribution in [1.29, 1.82) is 0 Å². The van der Waals surface area contributed by atoms with Gasteiger partial charge in [0.1, 0.15) is 0 Å². The van der Waals surface area contributed by atoms with Crippen molar-refractivity contribution in [2.45, 2.75) is 71.0 Å². The largest absolute Gasteiger partial charge is 0.323 e. The quantitative estimate of drug-likeness (QED) is 0.798. The van der Waals surface area contributed by atoms with E-state index >= 15 is 0 Å². The summed E-state index contributed by atoms with van der Waals surface area (Å²) >= 11 is 0. The van der Waals surface area contributed by atoms with Crippen LogP contribution in [-0.2, 0) is 4.79 Å². The van der Waals surface area contributed by atoms with Gasteiger partial charge in [0, 0.05) is 6.04 Å². The van der Waals surface area contributed by atoms with Gasteiger partial charge in [-0.2, -0.15) is 0 Å². The Balaban J connectivity index is 2.06. The van der Waals surface area contributed by atoms with Gasteiger partial charge in [-0.3, -0.25) is 10.1 Å². The van der Waals surface area contributed by atoms with Crippen LogP contribution in [0.1, 0.15) is 58.8 Å². The SMILES string of the molecule is CCCC(CC)N1C(=O)CNC1C1CCCC1. The zero-order chi connectivity index (χ0) is 12.3. The highest BCUT2D eigenvalue weighted by Gasteiger charge is 2.39. The number of hydrogen-bond acceptors (Lipinski definition) is 2. The van der Waals surface area contributed by atoms with Gasteiger partial charge < -0.3 is 4.90 Å². The molecule has 3 nitrogen and oxygen atoms in total. The second-order valence-corrected chi connectivity index (χ2v) is 5.52. The van der Waals surface area contributed by atoms with Crippen molar-refractivity contribution in [3.8, 4) is 0 Å². The predicted octanol–water partition coefficient (Wildman–Crippen LogP) is 2.51. The minimum absolute atomic E-state index is 0.321. The van der Waals surface area contributed by atoms with Crippen LogP contribution < -0.4 is 5.32 Å². The summed E-state index contributed by atoms with van der Waals surface area (Å²) in [6.07, 6.45) is 9.01. The Bertz CT molecular complexity index is 261. The molecule has 2 rings (SSSR count). The molecule has 0 aromatic rings. The van der Waals surface area contributed by atoms with Crippen molar-refractivity contribution in [1.82, 2.24) is 10.2 Å². The fourth-order valence-corrected chi connectivity index (χ4v) is 3.51. The molecule has 0 aromatic carbocycles. The van der Waals surface area contributed by atoms with Crippen molar-refractivity contribution < 1.29 is 4.79 Å². The van der Waals surface area contributed by atoms with Crippen LogP contribution in [0.3, 0.4) is 0 Å². The van der Waals surface area contributed by atoms with Crippen molar-refractivity contribution >= 4 is 5.91 Å². The maximum absolute atomic E-state index is 12.1. The van der Waals surface area contributed by atoms with Gasteiger partial charge in [-0.15, -0.1) is 0 Å². The average molecular weight is 238 g/mol. The van der Waals surface area contributed by atoms with Crippen molar-refractivity contribution in [3.63, 3.8) is 0 Å². The summed E-state index contributed by atoms with van der Waals surface area (Å²) in [6.45, 7) is 4.97. The van der Waals surface area contributed by atoms with E-state index in [1.807, 2.05) is 0 Å². The molecule has 1 saturated heterocycles. The summed E-state index contributed by atoms with van der Waals surface area (Å²) < 4.78 is 0. The van der Waals surface area contributed by atoms with Gasteiger partial charge in [0.05, 0.1) is 12.7 Å². The van der Waals surface area contributed by atoms with Gasteiger partial charge in [-0.25, -0.2) is 0 Å². The number of amides is 1. The van der Waals surface area contributed by atoms with E-state index in [1.54, 1.807) is 0 Å². The van der Waals surface area contributed by atoms with Crippen LogP contribution in [0.15, 0.2) is 0 Å². The molecule has 1 heterocycles. The molecule has 0 bridgehead atoms. The van der Waals surface area contributed by atoms with E-state index in [0.29, 0.717) is 30.6 Å². The van der Waals surface area contributed by atoms with Crippen molar-refractivity contribution in [2.75, 3.05) is 6.54 Å². The summed E-state index contributed by atoms with van der Waals surface area (Å²) in [5.41, 5.74) is 0. The molecular weight excluding hydrogens is 212 g/mol. The summed E-state index contributed by atoms with van der Waals surface area (Å²) in [7, 11) is 0. The number of carbonyl (C=O) groups excluding carboxylic acids is 1. The molecule has 1 N–H and O–H groups in total. The van der Waals surface area contributed by atoms with Crippen molar-refractivity contribution in [2.24, 2.45) is 5.92 Å². The van der Waals surface area contributed by atoms with E-state index in [-0.39, 0.29) is 0 Å². The molecule has 1 amide bonds. The Morgan fingerprint density at radius 3 is 2.65 bits per heavy atom. The second kappa shape index (κ2) is 5.85. The first-order chi connectivity index (χ1) is 8.27. The Hall–Kier alpha value is -0.570. The Morgan fingerprint density at radius 2 is 2.06 bits per heavy atom. The molecule has 98 valence electrons. The first-order valence-electron chi connectivity index (χ1n) is 7.32. The zero-order valence-corrected chi connectivity index (χ0v) is 11.2. The molecule has 2 atom stereocenters. The number of rotatable bonds is 5. The number of hydrogen-bond donors (Lipinski definition) is 1. The van der Waals surface area contributed by atoms with Crippen LogP contribution >= 0.6 is 0 Å². The normalized spacial score (nSPS) is 28.0. The van der Waals surface area contributed by atoms with Crippen LogP contribution in [-0.4, -0.2) is 29.6 Å². The monoisotopic (exact) mass is 238 g/mol. The second-order valence-electron chi connectivity index (χ2n) is 5.52. The highest BCUT2D eigenvalue weighted by Crippen LogP contribution is 2.32. The van der Waals surface area contributed by atoms with Gasteiger partial charge >= 0.3 is 0 Å². The minimum atomic E-state index is 0.321. The Morgan fingerprint density at radius 1 is 1.35 bits per heavy atom. The number of nitrogens with zero attached hydrogens (tertiary/aromatic N) is 1. The van der Waals surface area contributed by atoms with E-state index in [9.17, 15) is 4.79 Å². The molecule has 1 aliphatic carbocycles. The van der Waals surface area contributed by atoms with E-state index in [2.05, 4.69) is 24.1 Å². The molecule has 2 aliphatic rings. The molecule has 1 saturated carbocycles. The first kappa shape index (κ1) is 12.9. The minimum Gasteiger partial charge on any atom is -0.323 e.